The number of hydrogen-bond acceptors (Lipinski definition) is 4. The van der Waals surface area contributed by atoms with Gasteiger partial charge >= 0.3 is 0 Å². The van der Waals surface area contributed by atoms with E-state index < -0.39 is 20.7 Å². The molecule has 1 N–H and O–H groups in total. The van der Waals surface area contributed by atoms with Gasteiger partial charge in [-0.05, 0) is 37.5 Å². The van der Waals surface area contributed by atoms with E-state index in [0.717, 1.165) is 18.9 Å². The summed E-state index contributed by atoms with van der Waals surface area (Å²) < 4.78 is 45.8. The van der Waals surface area contributed by atoms with Crippen LogP contribution in [0.5, 0.6) is 0 Å². The number of carbonyl (C=O) groups excluding carboxylic acids is 1. The van der Waals surface area contributed by atoms with Gasteiger partial charge in [0.25, 0.3) is 0 Å². The molecule has 0 aromatic heterocycles. The molecule has 1 aromatic carbocycles. The molecular formula is C17H21FN2O4S. The third-order valence-electron chi connectivity index (χ3n) is 4.43. The van der Waals surface area contributed by atoms with Gasteiger partial charge in [0, 0.05) is 24.7 Å². The maximum atomic E-state index is 14.2. The standard InChI is InChI=1S/C17H21FN2O4S/c18-15-7-6-14(19-17(21)13-4-2-1-3-5-13)12-16(15)25(22,23)20-8-10-24-11-9-20/h1-2,6-7,12-13H,3-5,8-11H2,(H,19,21)/t13-/m0/s1. The number of morpholine rings is 1. The number of nitrogens with zero attached hydrogens (tertiary/aromatic N) is 1. The Labute approximate surface area is 146 Å². The van der Waals surface area contributed by atoms with E-state index in [0.29, 0.717) is 6.42 Å². The van der Waals surface area contributed by atoms with Gasteiger partial charge in [0.15, 0.2) is 0 Å². The molecule has 1 atom stereocenters. The molecular weight excluding hydrogens is 347 g/mol. The van der Waals surface area contributed by atoms with Gasteiger partial charge in [0.05, 0.1) is 13.2 Å². The summed E-state index contributed by atoms with van der Waals surface area (Å²) in [6.07, 6.45) is 6.26. The van der Waals surface area contributed by atoms with Crippen molar-refractivity contribution in [2.45, 2.75) is 24.2 Å². The number of ether oxygens (including phenoxy) is 1. The first-order chi connectivity index (χ1) is 12.0. The summed E-state index contributed by atoms with van der Waals surface area (Å²) in [4.78, 5) is 11.9. The minimum Gasteiger partial charge on any atom is -0.379 e. The number of sulfonamides is 1. The van der Waals surface area contributed by atoms with Crippen LogP contribution >= 0.6 is 0 Å². The number of nitrogens with one attached hydrogen (secondary N) is 1. The Hall–Kier alpha value is -1.77. The van der Waals surface area contributed by atoms with Crippen LogP contribution in [0.1, 0.15) is 19.3 Å². The Balaban J connectivity index is 1.80. The predicted molar refractivity (Wildman–Crippen MR) is 91.1 cm³/mol. The van der Waals surface area contributed by atoms with Crippen molar-refractivity contribution in [1.29, 1.82) is 0 Å². The van der Waals surface area contributed by atoms with E-state index in [4.69, 9.17) is 4.74 Å². The third kappa shape index (κ3) is 4.08. The number of halogens is 1. The van der Waals surface area contributed by atoms with Gasteiger partial charge in [0.1, 0.15) is 10.7 Å². The van der Waals surface area contributed by atoms with Gasteiger partial charge in [-0.2, -0.15) is 4.31 Å². The van der Waals surface area contributed by atoms with E-state index in [-0.39, 0.29) is 43.8 Å². The number of carbonyl (C=O) groups is 1. The molecule has 6 nitrogen and oxygen atoms in total. The minimum atomic E-state index is -3.96. The van der Waals surface area contributed by atoms with E-state index in [9.17, 15) is 17.6 Å². The average Bonchev–Trinajstić information content (AvgIpc) is 2.64. The van der Waals surface area contributed by atoms with Crippen LogP contribution in [0.25, 0.3) is 0 Å². The van der Waals surface area contributed by atoms with Crippen LogP contribution in [0.15, 0.2) is 35.2 Å². The summed E-state index contributed by atoms with van der Waals surface area (Å²) in [7, 11) is -3.96. The van der Waals surface area contributed by atoms with Crippen LogP contribution in [0, 0.1) is 11.7 Å². The zero-order valence-corrected chi connectivity index (χ0v) is 14.6. The summed E-state index contributed by atoms with van der Waals surface area (Å²) in [6, 6.07) is 3.64. The number of amides is 1. The summed E-state index contributed by atoms with van der Waals surface area (Å²) in [5, 5.41) is 2.71. The first kappa shape index (κ1) is 18.0. The Kier molecular flexibility index (Phi) is 5.51. The Morgan fingerprint density at radius 1 is 1.24 bits per heavy atom. The lowest BCUT2D eigenvalue weighted by molar-refractivity contribution is -0.120. The third-order valence-corrected chi connectivity index (χ3v) is 6.34. The summed E-state index contributed by atoms with van der Waals surface area (Å²) >= 11 is 0. The zero-order valence-electron chi connectivity index (χ0n) is 13.8. The smallest absolute Gasteiger partial charge is 0.246 e. The second-order valence-corrected chi connectivity index (χ2v) is 8.04. The second-order valence-electron chi connectivity index (χ2n) is 6.13. The molecule has 1 amide bonds. The number of hydrogen-bond donors (Lipinski definition) is 1. The molecule has 0 radical (unpaired) electrons. The fourth-order valence-electron chi connectivity index (χ4n) is 2.98. The average molecular weight is 368 g/mol. The number of rotatable bonds is 4. The zero-order chi connectivity index (χ0) is 17.9. The van der Waals surface area contributed by atoms with E-state index in [1.54, 1.807) is 0 Å². The Bertz CT molecular complexity index is 773. The minimum absolute atomic E-state index is 0.144. The first-order valence-corrected chi connectivity index (χ1v) is 9.76. The number of benzene rings is 1. The molecule has 0 spiro atoms. The monoisotopic (exact) mass is 368 g/mol. The van der Waals surface area contributed by atoms with Gasteiger partial charge < -0.3 is 10.1 Å². The normalized spacial score (nSPS) is 21.9. The van der Waals surface area contributed by atoms with Crippen molar-refractivity contribution in [3.63, 3.8) is 0 Å². The molecule has 1 fully saturated rings. The fraction of sp³-hybridized carbons (Fsp3) is 0.471. The van der Waals surface area contributed by atoms with Crippen molar-refractivity contribution < 1.29 is 22.3 Å². The van der Waals surface area contributed by atoms with E-state index in [1.807, 2.05) is 12.2 Å². The molecule has 1 heterocycles. The predicted octanol–water partition coefficient (Wildman–Crippen LogP) is 2.14. The Morgan fingerprint density at radius 2 is 2.00 bits per heavy atom. The van der Waals surface area contributed by atoms with Gasteiger partial charge in [-0.1, -0.05) is 12.2 Å². The summed E-state index contributed by atoms with van der Waals surface area (Å²) in [5.74, 6) is -1.15. The molecule has 8 heteroatoms. The van der Waals surface area contributed by atoms with Crippen molar-refractivity contribution in [2.75, 3.05) is 31.6 Å². The molecule has 0 saturated carbocycles. The topological polar surface area (TPSA) is 75.7 Å². The highest BCUT2D eigenvalue weighted by Crippen LogP contribution is 2.25. The van der Waals surface area contributed by atoms with E-state index in [1.165, 1.54) is 16.4 Å². The first-order valence-electron chi connectivity index (χ1n) is 8.32. The van der Waals surface area contributed by atoms with Gasteiger partial charge in [-0.15, -0.1) is 0 Å². The van der Waals surface area contributed by atoms with Crippen molar-refractivity contribution in [3.05, 3.63) is 36.2 Å². The van der Waals surface area contributed by atoms with Crippen molar-refractivity contribution in [1.82, 2.24) is 4.31 Å². The molecule has 1 aliphatic carbocycles. The van der Waals surface area contributed by atoms with Crippen LogP contribution in [0.2, 0.25) is 0 Å². The molecule has 0 unspecified atom stereocenters. The van der Waals surface area contributed by atoms with Crippen molar-refractivity contribution in [2.24, 2.45) is 5.92 Å². The van der Waals surface area contributed by atoms with Crippen LogP contribution in [-0.2, 0) is 19.6 Å². The summed E-state index contributed by atoms with van der Waals surface area (Å²) in [6.45, 7) is 0.943. The van der Waals surface area contributed by atoms with Gasteiger partial charge in [-0.25, -0.2) is 12.8 Å². The lowest BCUT2D eigenvalue weighted by Crippen LogP contribution is -2.40. The molecule has 1 saturated heterocycles. The van der Waals surface area contributed by atoms with E-state index >= 15 is 0 Å². The molecule has 1 aliphatic heterocycles. The molecule has 136 valence electrons. The lowest BCUT2D eigenvalue weighted by Gasteiger charge is -2.26. The quantitative estimate of drug-likeness (QED) is 0.826. The van der Waals surface area contributed by atoms with Crippen LogP contribution in [-0.4, -0.2) is 44.9 Å². The van der Waals surface area contributed by atoms with Crippen molar-refractivity contribution in [3.8, 4) is 0 Å². The maximum Gasteiger partial charge on any atom is 0.246 e. The van der Waals surface area contributed by atoms with Gasteiger partial charge in [0.2, 0.25) is 15.9 Å². The fourth-order valence-corrected chi connectivity index (χ4v) is 4.48. The largest absolute Gasteiger partial charge is 0.379 e. The second kappa shape index (κ2) is 7.63. The molecule has 1 aromatic rings. The molecule has 25 heavy (non-hydrogen) atoms. The highest BCUT2D eigenvalue weighted by atomic mass is 32.2. The maximum absolute atomic E-state index is 14.2. The summed E-state index contributed by atoms with van der Waals surface area (Å²) in [5.41, 5.74) is 0.285. The van der Waals surface area contributed by atoms with Crippen molar-refractivity contribution >= 4 is 21.6 Å². The Morgan fingerprint density at radius 3 is 2.68 bits per heavy atom. The van der Waals surface area contributed by atoms with E-state index in [2.05, 4.69) is 5.32 Å². The van der Waals surface area contributed by atoms with Gasteiger partial charge in [-0.3, -0.25) is 4.79 Å². The lowest BCUT2D eigenvalue weighted by atomic mass is 9.93. The highest BCUT2D eigenvalue weighted by Gasteiger charge is 2.29. The van der Waals surface area contributed by atoms with Crippen LogP contribution < -0.4 is 5.32 Å². The SMILES string of the molecule is O=C(Nc1ccc(F)c(S(=O)(=O)N2CCOCC2)c1)[C@H]1CC=CCC1. The molecule has 3 rings (SSSR count). The van der Waals surface area contributed by atoms with Crippen LogP contribution in [0.4, 0.5) is 10.1 Å². The number of allylic oxidation sites excluding steroid dienone is 2. The number of anilines is 1. The molecule has 2 aliphatic rings. The highest BCUT2D eigenvalue weighted by molar-refractivity contribution is 7.89. The molecule has 0 bridgehead atoms. The van der Waals surface area contributed by atoms with Crippen LogP contribution in [0.3, 0.4) is 0 Å².